The van der Waals surface area contributed by atoms with E-state index in [4.69, 9.17) is 4.84 Å². The van der Waals surface area contributed by atoms with Crippen LogP contribution in [0.2, 0.25) is 0 Å². The SMILES string of the molecule is O=C(O)C1C2C=CC(C2)C1C(=O)ON=C1CCCCC1. The Morgan fingerprint density at radius 2 is 1.75 bits per heavy atom. The van der Waals surface area contributed by atoms with Gasteiger partial charge in [0.25, 0.3) is 0 Å². The van der Waals surface area contributed by atoms with Crippen LogP contribution in [0.1, 0.15) is 38.5 Å². The van der Waals surface area contributed by atoms with Crippen LogP contribution in [0.15, 0.2) is 17.3 Å². The molecule has 4 unspecified atom stereocenters. The Bertz CT molecular complexity index is 474. The molecule has 3 rings (SSSR count). The summed E-state index contributed by atoms with van der Waals surface area (Å²) >= 11 is 0. The van der Waals surface area contributed by atoms with Gasteiger partial charge in [0.05, 0.1) is 17.5 Å². The van der Waals surface area contributed by atoms with Crippen molar-refractivity contribution in [3.05, 3.63) is 12.2 Å². The third-order valence-electron chi connectivity index (χ3n) is 4.71. The number of carboxylic acid groups (broad SMARTS) is 1. The fourth-order valence-electron chi connectivity index (χ4n) is 3.70. The number of fused-ring (bicyclic) bond motifs is 2. The summed E-state index contributed by atoms with van der Waals surface area (Å²) in [6, 6.07) is 0. The van der Waals surface area contributed by atoms with E-state index in [0.29, 0.717) is 0 Å². The summed E-state index contributed by atoms with van der Waals surface area (Å²) in [7, 11) is 0. The van der Waals surface area contributed by atoms with Crippen LogP contribution in [0.4, 0.5) is 0 Å². The molecule has 5 heteroatoms. The van der Waals surface area contributed by atoms with Crippen molar-refractivity contribution < 1.29 is 19.5 Å². The molecule has 2 saturated carbocycles. The highest BCUT2D eigenvalue weighted by molar-refractivity contribution is 5.87. The van der Waals surface area contributed by atoms with E-state index in [-0.39, 0.29) is 11.8 Å². The monoisotopic (exact) mass is 277 g/mol. The molecule has 0 aromatic rings. The molecule has 3 aliphatic rings. The lowest BCUT2D eigenvalue weighted by atomic mass is 9.83. The molecule has 0 heterocycles. The smallest absolute Gasteiger partial charge is 0.339 e. The number of hydrogen-bond acceptors (Lipinski definition) is 4. The van der Waals surface area contributed by atoms with Gasteiger partial charge in [0.1, 0.15) is 0 Å². The van der Waals surface area contributed by atoms with Gasteiger partial charge in [0.2, 0.25) is 0 Å². The quantitative estimate of drug-likeness (QED) is 0.488. The minimum Gasteiger partial charge on any atom is -0.481 e. The first-order chi connectivity index (χ1) is 9.66. The maximum Gasteiger partial charge on any atom is 0.339 e. The molecule has 108 valence electrons. The van der Waals surface area contributed by atoms with Gasteiger partial charge >= 0.3 is 11.9 Å². The van der Waals surface area contributed by atoms with Gasteiger partial charge < -0.3 is 9.94 Å². The van der Waals surface area contributed by atoms with Crippen molar-refractivity contribution in [1.82, 2.24) is 0 Å². The van der Waals surface area contributed by atoms with E-state index in [1.807, 2.05) is 12.2 Å². The third-order valence-corrected chi connectivity index (χ3v) is 4.71. The molecule has 0 amide bonds. The molecule has 0 aliphatic heterocycles. The summed E-state index contributed by atoms with van der Waals surface area (Å²) in [5.74, 6) is -2.64. The summed E-state index contributed by atoms with van der Waals surface area (Å²) in [6.45, 7) is 0. The highest BCUT2D eigenvalue weighted by Gasteiger charge is 2.52. The first-order valence-corrected chi connectivity index (χ1v) is 7.34. The van der Waals surface area contributed by atoms with Crippen LogP contribution in [0.25, 0.3) is 0 Å². The second-order valence-corrected chi connectivity index (χ2v) is 5.97. The molecule has 0 aromatic carbocycles. The fraction of sp³-hybridized carbons (Fsp3) is 0.667. The maximum absolute atomic E-state index is 12.2. The van der Waals surface area contributed by atoms with Gasteiger partial charge in [0.15, 0.2) is 0 Å². The zero-order valence-corrected chi connectivity index (χ0v) is 11.3. The number of carbonyl (C=O) groups is 2. The van der Waals surface area contributed by atoms with Crippen LogP contribution < -0.4 is 0 Å². The number of allylic oxidation sites excluding steroid dienone is 2. The molecule has 4 atom stereocenters. The Morgan fingerprint density at radius 1 is 1.10 bits per heavy atom. The summed E-state index contributed by atoms with van der Waals surface area (Å²) in [5, 5.41) is 13.2. The number of carboxylic acids is 1. The number of rotatable bonds is 3. The van der Waals surface area contributed by atoms with Crippen LogP contribution in [-0.4, -0.2) is 22.8 Å². The van der Waals surface area contributed by atoms with Crippen molar-refractivity contribution >= 4 is 17.7 Å². The molecule has 2 bridgehead atoms. The maximum atomic E-state index is 12.2. The zero-order valence-electron chi connectivity index (χ0n) is 11.3. The van der Waals surface area contributed by atoms with E-state index in [1.54, 1.807) is 0 Å². The highest BCUT2D eigenvalue weighted by Crippen LogP contribution is 2.48. The first-order valence-electron chi connectivity index (χ1n) is 7.34. The Kier molecular flexibility index (Phi) is 3.59. The summed E-state index contributed by atoms with van der Waals surface area (Å²) in [6.07, 6.45) is 9.75. The number of carbonyl (C=O) groups excluding carboxylic acids is 1. The van der Waals surface area contributed by atoms with Gasteiger partial charge in [-0.15, -0.1) is 0 Å². The predicted octanol–water partition coefficient (Wildman–Crippen LogP) is 2.37. The second kappa shape index (κ2) is 5.38. The fourth-order valence-corrected chi connectivity index (χ4v) is 3.70. The van der Waals surface area contributed by atoms with Crippen LogP contribution in [-0.2, 0) is 14.4 Å². The molecule has 0 aromatic heterocycles. The van der Waals surface area contributed by atoms with Gasteiger partial charge in [-0.25, -0.2) is 4.79 Å². The average molecular weight is 277 g/mol. The predicted molar refractivity (Wildman–Crippen MR) is 72.0 cm³/mol. The molecule has 0 saturated heterocycles. The van der Waals surface area contributed by atoms with Crippen molar-refractivity contribution in [2.75, 3.05) is 0 Å². The third kappa shape index (κ3) is 2.37. The molecule has 2 fully saturated rings. The molecule has 0 radical (unpaired) electrons. The van der Waals surface area contributed by atoms with Gasteiger partial charge in [-0.3, -0.25) is 4.79 Å². The molecule has 1 N–H and O–H groups in total. The van der Waals surface area contributed by atoms with Crippen LogP contribution in [0.3, 0.4) is 0 Å². The average Bonchev–Trinajstić information content (AvgIpc) is 3.06. The topological polar surface area (TPSA) is 76.0 Å². The Morgan fingerprint density at radius 3 is 2.40 bits per heavy atom. The Hall–Kier alpha value is -1.65. The van der Waals surface area contributed by atoms with Crippen LogP contribution in [0, 0.1) is 23.7 Å². The van der Waals surface area contributed by atoms with Crippen molar-refractivity contribution in [2.45, 2.75) is 38.5 Å². The lowest BCUT2D eigenvalue weighted by Gasteiger charge is -2.21. The minimum absolute atomic E-state index is 0.000144. The number of hydrogen-bond donors (Lipinski definition) is 1. The summed E-state index contributed by atoms with van der Waals surface area (Å²) in [4.78, 5) is 28.6. The van der Waals surface area contributed by atoms with E-state index in [2.05, 4.69) is 5.16 Å². The molecule has 20 heavy (non-hydrogen) atoms. The van der Waals surface area contributed by atoms with Crippen LogP contribution >= 0.6 is 0 Å². The first kappa shape index (κ1) is 13.3. The van der Waals surface area contributed by atoms with E-state index in [0.717, 1.165) is 37.8 Å². The van der Waals surface area contributed by atoms with E-state index >= 15 is 0 Å². The lowest BCUT2D eigenvalue weighted by molar-refractivity contribution is -0.158. The van der Waals surface area contributed by atoms with Crippen LogP contribution in [0.5, 0.6) is 0 Å². The Labute approximate surface area is 117 Å². The number of aliphatic carboxylic acids is 1. The lowest BCUT2D eigenvalue weighted by Crippen LogP contribution is -2.33. The highest BCUT2D eigenvalue weighted by atomic mass is 16.7. The molecule has 0 spiro atoms. The normalized spacial score (nSPS) is 35.1. The van der Waals surface area contributed by atoms with Crippen molar-refractivity contribution in [1.29, 1.82) is 0 Å². The summed E-state index contributed by atoms with van der Waals surface area (Å²) < 4.78 is 0. The molecular formula is C15H19NO4. The zero-order chi connectivity index (χ0) is 14.1. The van der Waals surface area contributed by atoms with Crippen molar-refractivity contribution in [3.63, 3.8) is 0 Å². The van der Waals surface area contributed by atoms with Crippen molar-refractivity contribution in [2.24, 2.45) is 28.8 Å². The minimum atomic E-state index is -0.908. The molecule has 3 aliphatic carbocycles. The standard InChI is InChI=1S/C15H19NO4/c17-14(18)12-9-6-7-10(8-9)13(12)15(19)20-16-11-4-2-1-3-5-11/h6-7,9-10,12-13H,1-5,8H2,(H,17,18). The van der Waals surface area contributed by atoms with E-state index < -0.39 is 23.8 Å². The van der Waals surface area contributed by atoms with Gasteiger partial charge in [-0.1, -0.05) is 23.7 Å². The van der Waals surface area contributed by atoms with Gasteiger partial charge in [-0.2, -0.15) is 0 Å². The van der Waals surface area contributed by atoms with E-state index in [1.165, 1.54) is 6.42 Å². The summed E-state index contributed by atoms with van der Waals surface area (Å²) in [5.41, 5.74) is 0.926. The largest absolute Gasteiger partial charge is 0.481 e. The van der Waals surface area contributed by atoms with Gasteiger partial charge in [-0.05, 0) is 43.9 Å². The number of nitrogens with zero attached hydrogens (tertiary/aromatic N) is 1. The second-order valence-electron chi connectivity index (χ2n) is 5.97. The van der Waals surface area contributed by atoms with Gasteiger partial charge in [0, 0.05) is 0 Å². The molecule has 5 nitrogen and oxygen atoms in total. The van der Waals surface area contributed by atoms with E-state index in [9.17, 15) is 14.7 Å². The number of oxime groups is 1. The van der Waals surface area contributed by atoms with Crippen molar-refractivity contribution in [3.8, 4) is 0 Å². The molecular weight excluding hydrogens is 258 g/mol. The Balaban J connectivity index is 1.67.